The largest absolute Gasteiger partial charge is 0.305 e. The molecule has 0 saturated carbocycles. The van der Waals surface area contributed by atoms with Crippen LogP contribution in [0.5, 0.6) is 0 Å². The highest BCUT2D eigenvalue weighted by atomic mass is 15.0. The standard InChI is InChI=1S/C15H16N/c1-16(2)12-13-8-10-15(11-9-13)14-6-4-3-5-7-14/h3-4,6-11H,12H2,1-2H3. The maximum atomic E-state index is 3.10. The van der Waals surface area contributed by atoms with Gasteiger partial charge in [-0.1, -0.05) is 42.5 Å². The maximum Gasteiger partial charge on any atom is 0.0227 e. The van der Waals surface area contributed by atoms with Crippen LogP contribution in [0.25, 0.3) is 11.1 Å². The second-order valence-corrected chi connectivity index (χ2v) is 4.23. The molecule has 1 radical (unpaired) electrons. The van der Waals surface area contributed by atoms with Crippen molar-refractivity contribution in [3.8, 4) is 11.1 Å². The first-order chi connectivity index (χ1) is 7.75. The smallest absolute Gasteiger partial charge is 0.0227 e. The van der Waals surface area contributed by atoms with Gasteiger partial charge in [-0.05, 0) is 42.9 Å². The summed E-state index contributed by atoms with van der Waals surface area (Å²) in [5.41, 5.74) is 3.81. The molecule has 2 rings (SSSR count). The Morgan fingerprint density at radius 1 is 1.00 bits per heavy atom. The molecule has 1 nitrogen and oxygen atoms in total. The molecule has 0 heterocycles. The summed E-state index contributed by atoms with van der Waals surface area (Å²) in [6.45, 7) is 0.987. The van der Waals surface area contributed by atoms with Gasteiger partial charge in [-0.2, -0.15) is 0 Å². The lowest BCUT2D eigenvalue weighted by Gasteiger charge is -2.10. The van der Waals surface area contributed by atoms with Gasteiger partial charge in [-0.25, -0.2) is 0 Å². The summed E-state index contributed by atoms with van der Waals surface area (Å²) < 4.78 is 0. The molecule has 0 aliphatic heterocycles. The molecule has 0 bridgehead atoms. The Morgan fingerprint density at radius 3 is 2.31 bits per heavy atom. The Morgan fingerprint density at radius 2 is 1.75 bits per heavy atom. The van der Waals surface area contributed by atoms with Crippen LogP contribution in [-0.2, 0) is 6.54 Å². The minimum absolute atomic E-state index is 0.987. The molecule has 0 spiro atoms. The third-order valence-electron chi connectivity index (χ3n) is 2.49. The molecule has 0 aromatic heterocycles. The number of nitrogens with zero attached hydrogens (tertiary/aromatic N) is 1. The summed E-state index contributed by atoms with van der Waals surface area (Å²) >= 11 is 0. The Labute approximate surface area is 97.3 Å². The Hall–Kier alpha value is -1.60. The van der Waals surface area contributed by atoms with Gasteiger partial charge < -0.3 is 4.90 Å². The van der Waals surface area contributed by atoms with Crippen LogP contribution >= 0.6 is 0 Å². The van der Waals surface area contributed by atoms with Gasteiger partial charge in [0.05, 0.1) is 0 Å². The van der Waals surface area contributed by atoms with Crippen LogP contribution in [0.2, 0.25) is 0 Å². The molecule has 16 heavy (non-hydrogen) atoms. The highest BCUT2D eigenvalue weighted by molar-refractivity contribution is 5.63. The highest BCUT2D eigenvalue weighted by Gasteiger charge is 1.98. The van der Waals surface area contributed by atoms with E-state index in [4.69, 9.17) is 0 Å². The van der Waals surface area contributed by atoms with Crippen molar-refractivity contribution in [3.05, 3.63) is 60.2 Å². The molecule has 0 unspecified atom stereocenters. The summed E-state index contributed by atoms with van der Waals surface area (Å²) in [5.74, 6) is 0. The summed E-state index contributed by atoms with van der Waals surface area (Å²) in [6, 6.07) is 19.9. The summed E-state index contributed by atoms with van der Waals surface area (Å²) in [5, 5.41) is 0. The van der Waals surface area contributed by atoms with E-state index in [1.54, 1.807) is 0 Å². The molecular formula is C15H16N. The first-order valence-electron chi connectivity index (χ1n) is 5.46. The average molecular weight is 210 g/mol. The first kappa shape index (κ1) is 10.9. The van der Waals surface area contributed by atoms with E-state index in [0.717, 1.165) is 6.54 Å². The average Bonchev–Trinajstić information content (AvgIpc) is 2.30. The fourth-order valence-corrected chi connectivity index (χ4v) is 1.74. The molecule has 0 aliphatic rings. The molecule has 0 fully saturated rings. The maximum absolute atomic E-state index is 3.10. The van der Waals surface area contributed by atoms with Gasteiger partial charge in [-0.15, -0.1) is 0 Å². The SMILES string of the molecule is CN(C)Cc1ccc(-c2c[c]ccc2)cc1. The fraction of sp³-hybridized carbons (Fsp3) is 0.200. The third kappa shape index (κ3) is 2.71. The topological polar surface area (TPSA) is 3.24 Å². The monoisotopic (exact) mass is 210 g/mol. The summed E-state index contributed by atoms with van der Waals surface area (Å²) in [4.78, 5) is 2.17. The minimum Gasteiger partial charge on any atom is -0.305 e. The molecule has 0 saturated heterocycles. The van der Waals surface area contributed by atoms with Crippen LogP contribution in [-0.4, -0.2) is 19.0 Å². The van der Waals surface area contributed by atoms with Gasteiger partial charge in [0.2, 0.25) is 0 Å². The van der Waals surface area contributed by atoms with Crippen molar-refractivity contribution < 1.29 is 0 Å². The Bertz CT molecular complexity index is 429. The predicted octanol–water partition coefficient (Wildman–Crippen LogP) is 3.22. The van der Waals surface area contributed by atoms with E-state index < -0.39 is 0 Å². The van der Waals surface area contributed by atoms with E-state index in [-0.39, 0.29) is 0 Å². The molecule has 81 valence electrons. The van der Waals surface area contributed by atoms with Crippen molar-refractivity contribution in [2.45, 2.75) is 6.54 Å². The Kier molecular flexibility index (Phi) is 3.37. The van der Waals surface area contributed by atoms with Crippen LogP contribution < -0.4 is 0 Å². The van der Waals surface area contributed by atoms with Crippen molar-refractivity contribution in [2.24, 2.45) is 0 Å². The van der Waals surface area contributed by atoms with Crippen molar-refractivity contribution in [1.29, 1.82) is 0 Å². The zero-order valence-corrected chi connectivity index (χ0v) is 9.77. The molecule has 0 atom stereocenters. The zero-order chi connectivity index (χ0) is 11.4. The van der Waals surface area contributed by atoms with Crippen molar-refractivity contribution in [2.75, 3.05) is 14.1 Å². The van der Waals surface area contributed by atoms with Gasteiger partial charge in [0.1, 0.15) is 0 Å². The van der Waals surface area contributed by atoms with E-state index in [2.05, 4.69) is 55.4 Å². The lowest BCUT2D eigenvalue weighted by Crippen LogP contribution is -2.10. The van der Waals surface area contributed by atoms with E-state index in [0.29, 0.717) is 0 Å². The Balaban J connectivity index is 2.20. The van der Waals surface area contributed by atoms with E-state index >= 15 is 0 Å². The van der Waals surface area contributed by atoms with Gasteiger partial charge >= 0.3 is 0 Å². The van der Waals surface area contributed by atoms with Gasteiger partial charge in [0.25, 0.3) is 0 Å². The molecular weight excluding hydrogens is 194 g/mol. The van der Waals surface area contributed by atoms with Crippen molar-refractivity contribution in [3.63, 3.8) is 0 Å². The number of rotatable bonds is 3. The van der Waals surface area contributed by atoms with Crippen LogP contribution in [0.4, 0.5) is 0 Å². The lowest BCUT2D eigenvalue weighted by atomic mass is 10.0. The molecule has 0 aliphatic carbocycles. The van der Waals surface area contributed by atoms with Crippen molar-refractivity contribution in [1.82, 2.24) is 4.90 Å². The van der Waals surface area contributed by atoms with E-state index in [9.17, 15) is 0 Å². The highest BCUT2D eigenvalue weighted by Crippen LogP contribution is 2.19. The van der Waals surface area contributed by atoms with Gasteiger partial charge in [0, 0.05) is 6.54 Å². The van der Waals surface area contributed by atoms with Gasteiger partial charge in [-0.3, -0.25) is 0 Å². The molecule has 2 aromatic rings. The quantitative estimate of drug-likeness (QED) is 0.752. The second kappa shape index (κ2) is 4.95. The van der Waals surface area contributed by atoms with Crippen LogP contribution in [0.15, 0.2) is 48.5 Å². The predicted molar refractivity (Wildman–Crippen MR) is 68.1 cm³/mol. The summed E-state index contributed by atoms with van der Waals surface area (Å²) in [7, 11) is 4.17. The number of hydrogen-bond donors (Lipinski definition) is 0. The van der Waals surface area contributed by atoms with Crippen LogP contribution in [0.1, 0.15) is 5.56 Å². The van der Waals surface area contributed by atoms with Gasteiger partial charge in [0.15, 0.2) is 0 Å². The number of benzene rings is 2. The number of hydrogen-bond acceptors (Lipinski definition) is 1. The molecule has 0 amide bonds. The molecule has 0 N–H and O–H groups in total. The first-order valence-corrected chi connectivity index (χ1v) is 5.46. The van der Waals surface area contributed by atoms with E-state index in [1.165, 1.54) is 16.7 Å². The lowest BCUT2D eigenvalue weighted by molar-refractivity contribution is 0.402. The normalized spacial score (nSPS) is 10.7. The molecule has 1 heteroatoms. The second-order valence-electron chi connectivity index (χ2n) is 4.23. The summed E-state index contributed by atoms with van der Waals surface area (Å²) in [6.07, 6.45) is 0. The van der Waals surface area contributed by atoms with E-state index in [1.807, 2.05) is 18.2 Å². The van der Waals surface area contributed by atoms with Crippen LogP contribution in [0.3, 0.4) is 0 Å². The van der Waals surface area contributed by atoms with Crippen LogP contribution in [0, 0.1) is 6.07 Å². The minimum atomic E-state index is 0.987. The van der Waals surface area contributed by atoms with Crippen molar-refractivity contribution >= 4 is 0 Å². The zero-order valence-electron chi connectivity index (χ0n) is 9.77. The third-order valence-corrected chi connectivity index (χ3v) is 2.49. The fourth-order valence-electron chi connectivity index (χ4n) is 1.74. The molecule has 2 aromatic carbocycles.